The van der Waals surface area contributed by atoms with Crippen LogP contribution in [0.1, 0.15) is 94.7 Å². The zero-order valence-corrected chi connectivity index (χ0v) is 35.0. The third-order valence-electron chi connectivity index (χ3n) is 13.2. The number of allylic oxidation sites excluding steroid dienone is 19. The van der Waals surface area contributed by atoms with Gasteiger partial charge in [0.15, 0.2) is 0 Å². The first kappa shape index (κ1) is 38.2. The summed E-state index contributed by atoms with van der Waals surface area (Å²) in [6.07, 6.45) is 39.3. The van der Waals surface area contributed by atoms with Gasteiger partial charge in [0.2, 0.25) is 0 Å². The van der Waals surface area contributed by atoms with Gasteiger partial charge in [-0.15, -0.1) is 0 Å². The third kappa shape index (κ3) is 6.42. The lowest BCUT2D eigenvalue weighted by Crippen LogP contribution is -2.29. The molecule has 57 heavy (non-hydrogen) atoms. The Bertz CT molecular complexity index is 2510. The van der Waals surface area contributed by atoms with Crippen molar-refractivity contribution in [3.63, 3.8) is 0 Å². The second kappa shape index (κ2) is 14.7. The highest BCUT2D eigenvalue weighted by Crippen LogP contribution is 2.58. The van der Waals surface area contributed by atoms with Crippen LogP contribution in [0.15, 0.2) is 176 Å². The smallest absolute Gasteiger partial charge is 0.0435 e. The van der Waals surface area contributed by atoms with Crippen molar-refractivity contribution in [3.05, 3.63) is 209 Å². The van der Waals surface area contributed by atoms with Crippen molar-refractivity contribution in [2.45, 2.75) is 72.1 Å². The lowest BCUT2D eigenvalue weighted by Gasteiger charge is -2.31. The van der Waals surface area contributed by atoms with Gasteiger partial charge in [-0.05, 0) is 140 Å². The molecule has 1 heterocycles. The quantitative estimate of drug-likeness (QED) is 0.218. The molecule has 4 aliphatic carbocycles. The van der Waals surface area contributed by atoms with Crippen molar-refractivity contribution < 1.29 is 0 Å². The molecule has 0 fully saturated rings. The van der Waals surface area contributed by atoms with Gasteiger partial charge in [-0.25, -0.2) is 0 Å². The van der Waals surface area contributed by atoms with Crippen molar-refractivity contribution in [3.8, 4) is 22.3 Å². The molecule has 0 atom stereocenters. The Kier molecular flexibility index (Phi) is 9.85. The average molecular weight is 744 g/mol. The number of benzene rings is 3. The number of anilines is 1. The number of hydrogen-bond acceptors (Lipinski definition) is 1. The Morgan fingerprint density at radius 3 is 2.16 bits per heavy atom. The monoisotopic (exact) mass is 743 g/mol. The van der Waals surface area contributed by atoms with E-state index in [0.717, 1.165) is 25.9 Å². The summed E-state index contributed by atoms with van der Waals surface area (Å²) in [5, 5.41) is 0. The van der Waals surface area contributed by atoms with E-state index >= 15 is 0 Å². The first-order valence-electron chi connectivity index (χ1n) is 20.7. The molecular weight excluding hydrogens is 687 g/mol. The molecule has 1 nitrogen and oxygen atoms in total. The van der Waals surface area contributed by atoms with Crippen LogP contribution in [0.2, 0.25) is 0 Å². The van der Waals surface area contributed by atoms with Crippen molar-refractivity contribution >= 4 is 16.8 Å². The van der Waals surface area contributed by atoms with Gasteiger partial charge in [-0.2, -0.15) is 0 Å². The normalized spacial score (nSPS) is 20.5. The highest BCUT2D eigenvalue weighted by atomic mass is 15.1. The molecular formula is C56H57N. The fourth-order valence-corrected chi connectivity index (χ4v) is 9.99. The van der Waals surface area contributed by atoms with Gasteiger partial charge >= 0.3 is 0 Å². The van der Waals surface area contributed by atoms with E-state index < -0.39 is 0 Å². The first-order chi connectivity index (χ1) is 27.4. The van der Waals surface area contributed by atoms with E-state index in [0.29, 0.717) is 0 Å². The van der Waals surface area contributed by atoms with E-state index in [-0.39, 0.29) is 16.2 Å². The second-order valence-corrected chi connectivity index (χ2v) is 17.7. The minimum atomic E-state index is -0.181. The molecule has 8 rings (SSSR count). The maximum absolute atomic E-state index is 4.31. The SMILES string of the molecule is C=C/C=C\C=C1/CN(c2ccc3c(c2)C(C)(C)c2cc4c(cc2-3)C(C)(C)c2c(C3=CC=CCC=C3)cc(C3=CCC=CC=C3)cc2-4)CC(C=C)=C(/C=C\C)C1(C)C. The van der Waals surface area contributed by atoms with Crippen LogP contribution >= 0.6 is 0 Å². The molecule has 1 aliphatic heterocycles. The summed E-state index contributed by atoms with van der Waals surface area (Å²) in [5.74, 6) is 0. The molecule has 3 aromatic carbocycles. The van der Waals surface area contributed by atoms with Crippen LogP contribution < -0.4 is 4.90 Å². The van der Waals surface area contributed by atoms with Crippen LogP contribution in [-0.2, 0) is 10.8 Å². The molecule has 0 saturated heterocycles. The minimum Gasteiger partial charge on any atom is -0.363 e. The zero-order valence-electron chi connectivity index (χ0n) is 35.0. The number of hydrogen-bond donors (Lipinski definition) is 0. The molecule has 0 unspecified atom stereocenters. The summed E-state index contributed by atoms with van der Waals surface area (Å²) in [6, 6.07) is 17.3. The van der Waals surface area contributed by atoms with Crippen LogP contribution in [0.5, 0.6) is 0 Å². The fourth-order valence-electron chi connectivity index (χ4n) is 9.99. The van der Waals surface area contributed by atoms with E-state index in [1.54, 1.807) is 0 Å². The first-order valence-corrected chi connectivity index (χ1v) is 20.7. The number of rotatable bonds is 7. The Morgan fingerprint density at radius 2 is 1.39 bits per heavy atom. The van der Waals surface area contributed by atoms with E-state index in [9.17, 15) is 0 Å². The van der Waals surface area contributed by atoms with E-state index in [1.807, 2.05) is 12.2 Å². The molecule has 286 valence electrons. The average Bonchev–Trinajstić information content (AvgIpc) is 3.49. The van der Waals surface area contributed by atoms with Crippen LogP contribution in [0.25, 0.3) is 33.4 Å². The minimum absolute atomic E-state index is 0.161. The topological polar surface area (TPSA) is 3.24 Å². The molecule has 5 aliphatic rings. The van der Waals surface area contributed by atoms with Gasteiger partial charge in [0.25, 0.3) is 0 Å². The largest absolute Gasteiger partial charge is 0.363 e. The molecule has 0 N–H and O–H groups in total. The van der Waals surface area contributed by atoms with Crippen molar-refractivity contribution in [2.75, 3.05) is 18.0 Å². The van der Waals surface area contributed by atoms with Crippen molar-refractivity contribution in [1.29, 1.82) is 0 Å². The van der Waals surface area contributed by atoms with Crippen molar-refractivity contribution in [1.82, 2.24) is 0 Å². The standard InChI is InChI=1S/C56H57N/c1-10-13-18-28-42-37-57(36-38(12-3)49(23-11-2)54(42,4)5)43-29-30-44-46-34-52-47(35-51(46)55(6,7)50(44)33-43)48-32-41(39-24-19-14-15-20-25-39)31-45(53(48)56(52,8)9)40-26-21-16-17-22-27-40/h10-16,18-19,21-35H,1,3,17,20,36-37H2,2,4-9H3/b18-13-,23-11-,42-28+. The van der Waals surface area contributed by atoms with Crippen LogP contribution in [0.4, 0.5) is 5.69 Å². The van der Waals surface area contributed by atoms with Gasteiger partial charge in [0.1, 0.15) is 0 Å². The van der Waals surface area contributed by atoms with Gasteiger partial charge in [0, 0.05) is 35.0 Å². The van der Waals surface area contributed by atoms with Crippen LogP contribution in [0, 0.1) is 5.41 Å². The Balaban J connectivity index is 1.26. The summed E-state index contributed by atoms with van der Waals surface area (Å²) in [7, 11) is 0. The summed E-state index contributed by atoms with van der Waals surface area (Å²) < 4.78 is 0. The Morgan fingerprint density at radius 1 is 0.649 bits per heavy atom. The maximum atomic E-state index is 4.31. The van der Waals surface area contributed by atoms with Crippen LogP contribution in [-0.4, -0.2) is 13.1 Å². The lowest BCUT2D eigenvalue weighted by molar-refractivity contribution is 0.543. The highest BCUT2D eigenvalue weighted by Gasteiger charge is 2.43. The number of nitrogens with zero attached hydrogens (tertiary/aromatic N) is 1. The van der Waals surface area contributed by atoms with Gasteiger partial charge in [-0.3, -0.25) is 0 Å². The zero-order chi connectivity index (χ0) is 40.1. The second-order valence-electron chi connectivity index (χ2n) is 17.7. The highest BCUT2D eigenvalue weighted by molar-refractivity contribution is 5.96. The third-order valence-corrected chi connectivity index (χ3v) is 13.2. The van der Waals surface area contributed by atoms with E-state index in [2.05, 4.69) is 200 Å². The summed E-state index contributed by atoms with van der Waals surface area (Å²) in [5.41, 5.74) is 21.0. The van der Waals surface area contributed by atoms with E-state index in [1.165, 1.54) is 89.2 Å². The molecule has 0 bridgehead atoms. The summed E-state index contributed by atoms with van der Waals surface area (Å²) in [6.45, 7) is 26.4. The Labute approximate surface area is 342 Å². The molecule has 1 heteroatoms. The summed E-state index contributed by atoms with van der Waals surface area (Å²) in [4.78, 5) is 2.54. The van der Waals surface area contributed by atoms with Gasteiger partial charge in [0.05, 0.1) is 0 Å². The molecule has 0 radical (unpaired) electrons. The summed E-state index contributed by atoms with van der Waals surface area (Å²) >= 11 is 0. The van der Waals surface area contributed by atoms with Gasteiger partial charge < -0.3 is 4.90 Å². The molecule has 0 aromatic heterocycles. The van der Waals surface area contributed by atoms with Gasteiger partial charge in [-0.1, -0.05) is 164 Å². The molecule has 3 aromatic rings. The Hall–Kier alpha value is -5.66. The number of fused-ring (bicyclic) bond motifs is 6. The maximum Gasteiger partial charge on any atom is 0.0435 e. The lowest BCUT2D eigenvalue weighted by atomic mass is 9.75. The molecule has 0 amide bonds. The fraction of sp³-hybridized carbons (Fsp3) is 0.250. The predicted molar refractivity (Wildman–Crippen MR) is 249 cm³/mol. The molecule has 0 spiro atoms. The van der Waals surface area contributed by atoms with E-state index in [4.69, 9.17) is 0 Å². The predicted octanol–water partition coefficient (Wildman–Crippen LogP) is 14.7. The van der Waals surface area contributed by atoms with Crippen LogP contribution in [0.3, 0.4) is 0 Å². The molecule has 0 saturated carbocycles. The van der Waals surface area contributed by atoms with Crippen molar-refractivity contribution in [2.24, 2.45) is 5.41 Å².